The molecule has 2 aromatic heterocycles. The number of benzene rings is 1. The average molecular weight is 485 g/mol. The fourth-order valence-electron chi connectivity index (χ4n) is 4.01. The van der Waals surface area contributed by atoms with E-state index in [0.717, 1.165) is 66.5 Å². The fraction of sp³-hybridized carbons (Fsp3) is 0.500. The van der Waals surface area contributed by atoms with Crippen molar-refractivity contribution in [2.45, 2.75) is 53.0 Å². The molecule has 6 nitrogen and oxygen atoms in total. The van der Waals surface area contributed by atoms with E-state index in [2.05, 4.69) is 31.2 Å². The lowest BCUT2D eigenvalue weighted by molar-refractivity contribution is -0.120. The number of rotatable bonds is 8. The lowest BCUT2D eigenvalue weighted by atomic mass is 9.92. The molecule has 1 aliphatic rings. The van der Waals surface area contributed by atoms with Crippen LogP contribution < -0.4 is 5.32 Å². The average Bonchev–Trinajstić information content (AvgIpc) is 3.44. The van der Waals surface area contributed by atoms with Crippen LogP contribution in [0.3, 0.4) is 0 Å². The van der Waals surface area contributed by atoms with Gasteiger partial charge >= 0.3 is 0 Å². The molecule has 0 saturated carbocycles. The largest absolute Gasteiger partial charge is 0.381 e. The van der Waals surface area contributed by atoms with Crippen molar-refractivity contribution in [2.75, 3.05) is 19.8 Å². The fourth-order valence-corrected chi connectivity index (χ4v) is 4.84. The molecule has 1 aromatic carbocycles. The molecular weight excluding hydrogens is 451 g/mol. The van der Waals surface area contributed by atoms with Crippen LogP contribution in [-0.4, -0.2) is 40.4 Å². The highest BCUT2D eigenvalue weighted by Crippen LogP contribution is 2.35. The summed E-state index contributed by atoms with van der Waals surface area (Å²) in [7, 11) is 0. The number of nitrogens with one attached hydrogen (secondary N) is 1. The number of carbonyl (C=O) groups excluding carboxylic acids is 1. The molecule has 0 aliphatic carbocycles. The van der Waals surface area contributed by atoms with E-state index in [1.54, 1.807) is 12.1 Å². The van der Waals surface area contributed by atoms with E-state index in [1.807, 2.05) is 16.3 Å². The lowest BCUT2D eigenvalue weighted by Gasteiger charge is -2.22. The molecular formula is C26H33FN4O2S. The van der Waals surface area contributed by atoms with Gasteiger partial charge in [-0.2, -0.15) is 5.10 Å². The minimum Gasteiger partial charge on any atom is -0.381 e. The second-order valence-corrected chi connectivity index (χ2v) is 11.0. The smallest absolute Gasteiger partial charge is 0.226 e. The summed E-state index contributed by atoms with van der Waals surface area (Å²) in [6.45, 7) is 9.60. The van der Waals surface area contributed by atoms with E-state index in [0.29, 0.717) is 12.5 Å². The Kier molecular flexibility index (Phi) is 7.78. The SMILES string of the molecule is CC(C)(C)CCn1ncc(-c2nc(CC(=O)NCC3CCOCC3)cs2)c1-c1ccc(F)cc1. The summed E-state index contributed by atoms with van der Waals surface area (Å²) in [5.41, 5.74) is 3.64. The summed E-state index contributed by atoms with van der Waals surface area (Å²) in [4.78, 5) is 17.2. The number of hydrogen-bond donors (Lipinski definition) is 1. The van der Waals surface area contributed by atoms with E-state index >= 15 is 0 Å². The Morgan fingerprint density at radius 3 is 2.68 bits per heavy atom. The van der Waals surface area contributed by atoms with E-state index in [4.69, 9.17) is 9.72 Å². The summed E-state index contributed by atoms with van der Waals surface area (Å²) in [5, 5.41) is 10.4. The number of amides is 1. The maximum absolute atomic E-state index is 13.6. The predicted octanol–water partition coefficient (Wildman–Crippen LogP) is 5.33. The molecule has 1 aliphatic heterocycles. The highest BCUT2D eigenvalue weighted by molar-refractivity contribution is 7.13. The molecule has 1 saturated heterocycles. The minimum absolute atomic E-state index is 0.0111. The predicted molar refractivity (Wildman–Crippen MR) is 133 cm³/mol. The number of halogens is 1. The van der Waals surface area contributed by atoms with Gasteiger partial charge < -0.3 is 10.1 Å². The van der Waals surface area contributed by atoms with Crippen molar-refractivity contribution in [1.29, 1.82) is 0 Å². The van der Waals surface area contributed by atoms with Gasteiger partial charge in [0.1, 0.15) is 10.8 Å². The van der Waals surface area contributed by atoms with Gasteiger partial charge in [-0.25, -0.2) is 9.37 Å². The molecule has 4 rings (SSSR count). The Balaban J connectivity index is 1.50. The van der Waals surface area contributed by atoms with Crippen molar-refractivity contribution in [2.24, 2.45) is 11.3 Å². The first-order valence-electron chi connectivity index (χ1n) is 11.9. The Morgan fingerprint density at radius 1 is 1.24 bits per heavy atom. The lowest BCUT2D eigenvalue weighted by Crippen LogP contribution is -2.33. The van der Waals surface area contributed by atoms with Gasteiger partial charge in [0.05, 0.1) is 29.6 Å². The van der Waals surface area contributed by atoms with E-state index < -0.39 is 0 Å². The van der Waals surface area contributed by atoms with Crippen LogP contribution in [0.2, 0.25) is 0 Å². The van der Waals surface area contributed by atoms with Crippen LogP contribution in [0.25, 0.3) is 21.8 Å². The number of carbonyl (C=O) groups is 1. The van der Waals surface area contributed by atoms with Gasteiger partial charge in [-0.1, -0.05) is 20.8 Å². The minimum atomic E-state index is -0.269. The van der Waals surface area contributed by atoms with Crippen LogP contribution >= 0.6 is 11.3 Å². The first-order chi connectivity index (χ1) is 16.3. The molecule has 0 unspecified atom stereocenters. The van der Waals surface area contributed by atoms with Gasteiger partial charge in [0.15, 0.2) is 0 Å². The van der Waals surface area contributed by atoms with Crippen molar-refractivity contribution >= 4 is 17.2 Å². The molecule has 8 heteroatoms. The molecule has 0 radical (unpaired) electrons. The van der Waals surface area contributed by atoms with Gasteiger partial charge in [0.2, 0.25) is 5.91 Å². The summed E-state index contributed by atoms with van der Waals surface area (Å²) in [6.07, 6.45) is 5.02. The molecule has 3 heterocycles. The number of aromatic nitrogens is 3. The molecule has 1 fully saturated rings. The number of thiazole rings is 1. The van der Waals surface area contributed by atoms with Gasteiger partial charge in [-0.15, -0.1) is 11.3 Å². The zero-order valence-corrected chi connectivity index (χ0v) is 21.0. The summed E-state index contributed by atoms with van der Waals surface area (Å²) in [6, 6.07) is 6.50. The number of hydrogen-bond acceptors (Lipinski definition) is 5. The normalized spacial score (nSPS) is 14.9. The summed E-state index contributed by atoms with van der Waals surface area (Å²) >= 11 is 1.50. The third kappa shape index (κ3) is 6.51. The molecule has 182 valence electrons. The number of ether oxygens (including phenoxy) is 1. The molecule has 0 bridgehead atoms. The van der Waals surface area contributed by atoms with E-state index in [1.165, 1.54) is 23.5 Å². The number of aryl methyl sites for hydroxylation is 1. The van der Waals surface area contributed by atoms with Crippen LogP contribution in [0, 0.1) is 17.2 Å². The van der Waals surface area contributed by atoms with Crippen molar-refractivity contribution in [3.8, 4) is 21.8 Å². The zero-order chi connectivity index (χ0) is 24.1. The van der Waals surface area contributed by atoms with Crippen LogP contribution in [-0.2, 0) is 22.5 Å². The van der Waals surface area contributed by atoms with Crippen molar-refractivity contribution in [3.63, 3.8) is 0 Å². The molecule has 1 N–H and O–H groups in total. The van der Waals surface area contributed by atoms with Crippen molar-refractivity contribution in [3.05, 3.63) is 47.4 Å². The van der Waals surface area contributed by atoms with Gasteiger partial charge in [0, 0.05) is 37.2 Å². The van der Waals surface area contributed by atoms with Crippen LogP contribution in [0.1, 0.15) is 45.7 Å². The van der Waals surface area contributed by atoms with Crippen LogP contribution in [0.5, 0.6) is 0 Å². The van der Waals surface area contributed by atoms with E-state index in [9.17, 15) is 9.18 Å². The summed E-state index contributed by atoms with van der Waals surface area (Å²) < 4.78 is 20.9. The third-order valence-electron chi connectivity index (χ3n) is 6.08. The molecule has 0 spiro atoms. The topological polar surface area (TPSA) is 69.0 Å². The van der Waals surface area contributed by atoms with Crippen LogP contribution in [0.4, 0.5) is 4.39 Å². The monoisotopic (exact) mass is 484 g/mol. The van der Waals surface area contributed by atoms with Gasteiger partial charge in [-0.3, -0.25) is 9.48 Å². The molecule has 1 amide bonds. The maximum Gasteiger partial charge on any atom is 0.226 e. The molecule has 3 aromatic rings. The highest BCUT2D eigenvalue weighted by Gasteiger charge is 2.20. The summed E-state index contributed by atoms with van der Waals surface area (Å²) in [5.74, 6) is 0.207. The first kappa shape index (κ1) is 24.5. The first-order valence-corrected chi connectivity index (χ1v) is 12.8. The van der Waals surface area contributed by atoms with Gasteiger partial charge in [0.25, 0.3) is 0 Å². The maximum atomic E-state index is 13.6. The Bertz CT molecular complexity index is 1090. The molecule has 0 atom stereocenters. The Labute approximate surface area is 204 Å². The second-order valence-electron chi connectivity index (χ2n) is 10.1. The standard InChI is InChI=1S/C26H33FN4O2S/c1-26(2,3)10-11-31-24(19-4-6-20(27)7-5-19)22(16-29-31)25-30-21(17-34-25)14-23(32)28-15-18-8-12-33-13-9-18/h4-7,16-18H,8-15H2,1-3H3,(H,28,32). The van der Waals surface area contributed by atoms with Crippen molar-refractivity contribution < 1.29 is 13.9 Å². The highest BCUT2D eigenvalue weighted by atomic mass is 32.1. The Morgan fingerprint density at radius 2 is 1.97 bits per heavy atom. The Hall–Kier alpha value is -2.58. The molecule has 34 heavy (non-hydrogen) atoms. The third-order valence-corrected chi connectivity index (χ3v) is 7.01. The van der Waals surface area contributed by atoms with E-state index in [-0.39, 0.29) is 23.6 Å². The number of nitrogens with zero attached hydrogens (tertiary/aromatic N) is 3. The second kappa shape index (κ2) is 10.8. The van der Waals surface area contributed by atoms with Gasteiger partial charge in [-0.05, 0) is 54.9 Å². The van der Waals surface area contributed by atoms with Crippen molar-refractivity contribution in [1.82, 2.24) is 20.1 Å². The zero-order valence-electron chi connectivity index (χ0n) is 20.1. The quantitative estimate of drug-likeness (QED) is 0.469. The van der Waals surface area contributed by atoms with Crippen LogP contribution in [0.15, 0.2) is 35.8 Å².